The molecule has 3 rings (SSSR count). The first kappa shape index (κ1) is 12.6. The first-order valence-corrected chi connectivity index (χ1v) is 6.87. The average Bonchev–Trinajstić information content (AvgIpc) is 3.04. The largest absolute Gasteiger partial charge is 0.454 e. The first-order chi connectivity index (χ1) is 9.28. The summed E-state index contributed by atoms with van der Waals surface area (Å²) in [6, 6.07) is 6.49. The molecular weight excluding hydrogens is 264 g/mol. The standard InChI is InChI=1S/C14H15ClN2O2/c15-11-4-9(5-13-14(11)19-8-18-13)7-17-12-3-1-2-10(12)6-16/h4-5,10,12,17H,1-3,7-8H2. The second-order valence-electron chi connectivity index (χ2n) is 4.97. The van der Waals surface area contributed by atoms with Crippen molar-refractivity contribution < 1.29 is 9.47 Å². The van der Waals surface area contributed by atoms with E-state index in [1.54, 1.807) is 0 Å². The number of benzene rings is 1. The quantitative estimate of drug-likeness (QED) is 0.924. The Balaban J connectivity index is 1.68. The van der Waals surface area contributed by atoms with Crippen LogP contribution in [0, 0.1) is 17.2 Å². The number of halogens is 1. The summed E-state index contributed by atoms with van der Waals surface area (Å²) in [6.45, 7) is 0.921. The third-order valence-electron chi connectivity index (χ3n) is 3.74. The summed E-state index contributed by atoms with van der Waals surface area (Å²) < 4.78 is 10.6. The van der Waals surface area contributed by atoms with Crippen LogP contribution in [-0.2, 0) is 6.54 Å². The zero-order valence-corrected chi connectivity index (χ0v) is 11.2. The fraction of sp³-hybridized carbons (Fsp3) is 0.500. The lowest BCUT2D eigenvalue weighted by atomic mass is 10.1. The molecule has 1 fully saturated rings. The Hall–Kier alpha value is -1.44. The van der Waals surface area contributed by atoms with Crippen LogP contribution >= 0.6 is 11.6 Å². The van der Waals surface area contributed by atoms with E-state index in [0.29, 0.717) is 23.1 Å². The molecule has 1 N–H and O–H groups in total. The average molecular weight is 279 g/mol. The predicted molar refractivity (Wildman–Crippen MR) is 71.2 cm³/mol. The lowest BCUT2D eigenvalue weighted by Crippen LogP contribution is -2.31. The number of fused-ring (bicyclic) bond motifs is 1. The van der Waals surface area contributed by atoms with Crippen molar-refractivity contribution in [3.05, 3.63) is 22.7 Å². The third-order valence-corrected chi connectivity index (χ3v) is 4.02. The normalized spacial score (nSPS) is 24.4. The van der Waals surface area contributed by atoms with Crippen molar-refractivity contribution in [1.82, 2.24) is 5.32 Å². The van der Waals surface area contributed by atoms with Gasteiger partial charge in [0.05, 0.1) is 17.0 Å². The molecule has 1 aliphatic heterocycles. The van der Waals surface area contributed by atoms with Crippen LogP contribution < -0.4 is 14.8 Å². The lowest BCUT2D eigenvalue weighted by Gasteiger charge is -2.15. The third kappa shape index (κ3) is 2.49. The summed E-state index contributed by atoms with van der Waals surface area (Å²) in [7, 11) is 0. The Kier molecular flexibility index (Phi) is 3.50. The summed E-state index contributed by atoms with van der Waals surface area (Å²) in [6.07, 6.45) is 3.18. The van der Waals surface area contributed by atoms with Crippen molar-refractivity contribution in [1.29, 1.82) is 5.26 Å². The van der Waals surface area contributed by atoms with Gasteiger partial charge in [-0.05, 0) is 30.5 Å². The molecule has 0 aromatic heterocycles. The van der Waals surface area contributed by atoms with Crippen LogP contribution in [0.5, 0.6) is 11.5 Å². The number of hydrogen-bond donors (Lipinski definition) is 1. The molecule has 2 aliphatic rings. The van der Waals surface area contributed by atoms with Crippen LogP contribution in [0.15, 0.2) is 12.1 Å². The molecule has 2 unspecified atom stereocenters. The molecule has 1 saturated carbocycles. The molecule has 0 saturated heterocycles. The molecule has 1 heterocycles. The van der Waals surface area contributed by atoms with E-state index < -0.39 is 0 Å². The van der Waals surface area contributed by atoms with Crippen molar-refractivity contribution in [2.45, 2.75) is 31.8 Å². The van der Waals surface area contributed by atoms with Gasteiger partial charge in [-0.2, -0.15) is 5.26 Å². The van der Waals surface area contributed by atoms with Crippen molar-refractivity contribution in [2.75, 3.05) is 6.79 Å². The molecule has 4 nitrogen and oxygen atoms in total. The zero-order chi connectivity index (χ0) is 13.2. The van der Waals surface area contributed by atoms with Crippen molar-refractivity contribution >= 4 is 11.6 Å². The van der Waals surface area contributed by atoms with Crippen molar-refractivity contribution in [3.63, 3.8) is 0 Å². The molecule has 0 spiro atoms. The molecule has 5 heteroatoms. The monoisotopic (exact) mass is 278 g/mol. The smallest absolute Gasteiger partial charge is 0.231 e. The van der Waals surface area contributed by atoms with Crippen LogP contribution in [0.25, 0.3) is 0 Å². The summed E-state index contributed by atoms with van der Waals surface area (Å²) >= 11 is 6.14. The van der Waals surface area contributed by atoms with Crippen LogP contribution in [0.3, 0.4) is 0 Å². The van der Waals surface area contributed by atoms with Crippen LogP contribution in [0.4, 0.5) is 0 Å². The van der Waals surface area contributed by atoms with E-state index in [2.05, 4.69) is 11.4 Å². The number of nitrogens with one attached hydrogen (secondary N) is 1. The lowest BCUT2D eigenvalue weighted by molar-refractivity contribution is 0.174. The predicted octanol–water partition coefficient (Wildman–Crippen LogP) is 2.85. The van der Waals surface area contributed by atoms with E-state index in [1.165, 1.54) is 0 Å². The first-order valence-electron chi connectivity index (χ1n) is 6.49. The van der Waals surface area contributed by atoms with Gasteiger partial charge in [0.25, 0.3) is 0 Å². The molecule has 2 atom stereocenters. The number of ether oxygens (including phenoxy) is 2. The molecule has 19 heavy (non-hydrogen) atoms. The Morgan fingerprint density at radius 1 is 1.37 bits per heavy atom. The molecule has 100 valence electrons. The maximum absolute atomic E-state index is 9.06. The van der Waals surface area contributed by atoms with Gasteiger partial charge >= 0.3 is 0 Å². The SMILES string of the molecule is N#CC1CCCC1NCc1cc(Cl)c2c(c1)OCO2. The maximum atomic E-state index is 9.06. The minimum absolute atomic E-state index is 0.129. The summed E-state index contributed by atoms with van der Waals surface area (Å²) in [5.74, 6) is 1.46. The van der Waals surface area contributed by atoms with Crippen molar-refractivity contribution in [2.24, 2.45) is 5.92 Å². The van der Waals surface area contributed by atoms with Gasteiger partial charge in [-0.1, -0.05) is 18.0 Å². The topological polar surface area (TPSA) is 54.3 Å². The molecular formula is C14H15ClN2O2. The summed E-state index contributed by atoms with van der Waals surface area (Å²) in [5.41, 5.74) is 1.05. The van der Waals surface area contributed by atoms with Crippen LogP contribution in [0.2, 0.25) is 5.02 Å². The molecule has 0 bridgehead atoms. The van der Waals surface area contributed by atoms with Gasteiger partial charge < -0.3 is 14.8 Å². The van der Waals surface area contributed by atoms with E-state index >= 15 is 0 Å². The molecule has 1 aromatic carbocycles. The molecule has 1 aromatic rings. The second kappa shape index (κ2) is 5.28. The van der Waals surface area contributed by atoms with E-state index in [-0.39, 0.29) is 18.8 Å². The van der Waals surface area contributed by atoms with E-state index in [0.717, 1.165) is 24.8 Å². The summed E-state index contributed by atoms with van der Waals surface area (Å²) in [4.78, 5) is 0. The molecule has 0 amide bonds. The van der Waals surface area contributed by atoms with Crippen LogP contribution in [-0.4, -0.2) is 12.8 Å². The summed E-state index contributed by atoms with van der Waals surface area (Å²) in [5, 5.41) is 13.1. The highest BCUT2D eigenvalue weighted by atomic mass is 35.5. The number of nitriles is 1. The van der Waals surface area contributed by atoms with Gasteiger partial charge in [0.15, 0.2) is 11.5 Å². The van der Waals surface area contributed by atoms with Gasteiger partial charge in [0.2, 0.25) is 6.79 Å². The number of rotatable bonds is 3. The second-order valence-corrected chi connectivity index (χ2v) is 5.37. The van der Waals surface area contributed by atoms with Gasteiger partial charge in [0.1, 0.15) is 0 Å². The van der Waals surface area contributed by atoms with E-state index in [9.17, 15) is 0 Å². The number of nitrogens with zero attached hydrogens (tertiary/aromatic N) is 1. The Bertz CT molecular complexity index is 527. The Morgan fingerprint density at radius 2 is 2.26 bits per heavy atom. The van der Waals surface area contributed by atoms with Gasteiger partial charge in [-0.3, -0.25) is 0 Å². The van der Waals surface area contributed by atoms with Crippen molar-refractivity contribution in [3.8, 4) is 17.6 Å². The molecule has 0 radical (unpaired) electrons. The highest BCUT2D eigenvalue weighted by molar-refractivity contribution is 6.32. The molecule has 1 aliphatic carbocycles. The van der Waals surface area contributed by atoms with Gasteiger partial charge in [-0.25, -0.2) is 0 Å². The highest BCUT2D eigenvalue weighted by Crippen LogP contribution is 2.39. The number of hydrogen-bond acceptors (Lipinski definition) is 4. The fourth-order valence-corrected chi connectivity index (χ4v) is 3.02. The maximum Gasteiger partial charge on any atom is 0.231 e. The zero-order valence-electron chi connectivity index (χ0n) is 10.5. The Labute approximate surface area is 117 Å². The van der Waals surface area contributed by atoms with Gasteiger partial charge in [-0.15, -0.1) is 0 Å². The van der Waals surface area contributed by atoms with E-state index in [4.69, 9.17) is 26.3 Å². The minimum atomic E-state index is 0.129. The highest BCUT2D eigenvalue weighted by Gasteiger charge is 2.26. The Morgan fingerprint density at radius 3 is 3.11 bits per heavy atom. The van der Waals surface area contributed by atoms with Crippen LogP contribution in [0.1, 0.15) is 24.8 Å². The van der Waals surface area contributed by atoms with E-state index in [1.807, 2.05) is 12.1 Å². The fourth-order valence-electron chi connectivity index (χ4n) is 2.73. The minimum Gasteiger partial charge on any atom is -0.454 e. The van der Waals surface area contributed by atoms with Gasteiger partial charge in [0, 0.05) is 12.6 Å².